The lowest BCUT2D eigenvalue weighted by molar-refractivity contribution is -0.141. The van der Waals surface area contributed by atoms with E-state index in [2.05, 4.69) is 21.2 Å². The molecule has 0 radical (unpaired) electrons. The van der Waals surface area contributed by atoms with E-state index in [1.807, 2.05) is 0 Å². The molecule has 1 N–H and O–H groups in total. The van der Waals surface area contributed by atoms with E-state index in [-0.39, 0.29) is 34.5 Å². The number of aromatic nitrogens is 1. The van der Waals surface area contributed by atoms with Crippen LogP contribution in [0.3, 0.4) is 0 Å². The van der Waals surface area contributed by atoms with Crippen LogP contribution in [-0.2, 0) is 26.1 Å². The number of ether oxygens (including phenoxy) is 2. The third-order valence-corrected chi connectivity index (χ3v) is 4.98. The van der Waals surface area contributed by atoms with E-state index in [9.17, 15) is 18.8 Å². The molecule has 0 fully saturated rings. The summed E-state index contributed by atoms with van der Waals surface area (Å²) in [6, 6.07) is 4.17. The zero-order valence-electron chi connectivity index (χ0n) is 15.9. The topological polar surface area (TPSA) is 99.8 Å². The summed E-state index contributed by atoms with van der Waals surface area (Å²) in [5, 5.41) is 2.94. The second-order valence-corrected chi connectivity index (χ2v) is 7.12. The summed E-state index contributed by atoms with van der Waals surface area (Å²) < 4.78 is 30.6. The molecule has 1 aromatic carbocycles. The van der Waals surface area contributed by atoms with Gasteiger partial charge in [0.15, 0.2) is 5.82 Å². The maximum Gasteiger partial charge on any atom is 0.363 e. The smallest absolute Gasteiger partial charge is 0.363 e. The standard InChI is InChI=1S/C19H18BrFN2O6/c1-4-27-18(25)15-13(8-28-9(2)24)22-17-16(19(26)29-23(17)3)14(15)10-5-6-12(21)11(20)7-10/h5-7,14,22H,4,8H2,1-3H3. The fourth-order valence-corrected chi connectivity index (χ4v) is 3.57. The molecule has 0 amide bonds. The third kappa shape index (κ3) is 3.98. The van der Waals surface area contributed by atoms with Crippen LogP contribution in [0, 0.1) is 5.82 Å². The molecule has 1 unspecified atom stereocenters. The molecule has 8 nitrogen and oxygen atoms in total. The predicted molar refractivity (Wildman–Crippen MR) is 104 cm³/mol. The summed E-state index contributed by atoms with van der Waals surface area (Å²) in [7, 11) is 1.52. The van der Waals surface area contributed by atoms with Crippen molar-refractivity contribution in [2.24, 2.45) is 7.05 Å². The van der Waals surface area contributed by atoms with Crippen LogP contribution in [0.25, 0.3) is 0 Å². The number of fused-ring (bicyclic) bond motifs is 1. The zero-order chi connectivity index (χ0) is 21.3. The van der Waals surface area contributed by atoms with Gasteiger partial charge in [0.1, 0.15) is 12.4 Å². The molecule has 0 aliphatic carbocycles. The summed E-state index contributed by atoms with van der Waals surface area (Å²) in [5.41, 5.74) is 0.294. The Morgan fingerprint density at radius 2 is 2.07 bits per heavy atom. The number of hydrogen-bond acceptors (Lipinski definition) is 7. The highest BCUT2D eigenvalue weighted by Crippen LogP contribution is 2.41. The second-order valence-electron chi connectivity index (χ2n) is 6.26. The molecule has 1 aliphatic heterocycles. The van der Waals surface area contributed by atoms with Gasteiger partial charge >= 0.3 is 17.6 Å². The molecule has 0 spiro atoms. The molecular formula is C19H18BrFN2O6. The molecule has 29 heavy (non-hydrogen) atoms. The Balaban J connectivity index is 2.27. The van der Waals surface area contributed by atoms with E-state index < -0.39 is 29.3 Å². The van der Waals surface area contributed by atoms with Crippen LogP contribution in [0.4, 0.5) is 10.2 Å². The summed E-state index contributed by atoms with van der Waals surface area (Å²) in [5.74, 6) is -2.34. The van der Waals surface area contributed by atoms with Crippen LogP contribution in [0.15, 0.2) is 43.3 Å². The number of nitrogens with zero attached hydrogens (tertiary/aromatic N) is 1. The maximum absolute atomic E-state index is 13.8. The number of hydrogen-bond donors (Lipinski definition) is 1. The van der Waals surface area contributed by atoms with Crippen molar-refractivity contribution < 1.29 is 28.0 Å². The quantitative estimate of drug-likeness (QED) is 0.673. The molecule has 2 aromatic rings. The van der Waals surface area contributed by atoms with Crippen molar-refractivity contribution in [2.75, 3.05) is 18.5 Å². The number of carbonyl (C=O) groups excluding carboxylic acids is 2. The van der Waals surface area contributed by atoms with Crippen molar-refractivity contribution in [3.8, 4) is 0 Å². The normalized spacial score (nSPS) is 15.6. The fraction of sp³-hybridized carbons (Fsp3) is 0.316. The van der Waals surface area contributed by atoms with E-state index in [1.54, 1.807) is 6.92 Å². The molecule has 3 rings (SSSR count). The van der Waals surface area contributed by atoms with E-state index in [4.69, 9.17) is 14.0 Å². The van der Waals surface area contributed by atoms with E-state index in [0.717, 1.165) is 0 Å². The van der Waals surface area contributed by atoms with E-state index in [0.29, 0.717) is 11.4 Å². The van der Waals surface area contributed by atoms with Gasteiger partial charge in [0, 0.05) is 14.0 Å². The summed E-state index contributed by atoms with van der Waals surface area (Å²) in [4.78, 5) is 36.7. The van der Waals surface area contributed by atoms with Crippen LogP contribution in [-0.4, -0.2) is 29.9 Å². The minimum atomic E-state index is -0.912. The average molecular weight is 469 g/mol. The first-order valence-corrected chi connectivity index (χ1v) is 9.49. The number of aryl methyl sites for hydroxylation is 1. The lowest BCUT2D eigenvalue weighted by atomic mass is 9.82. The van der Waals surface area contributed by atoms with Crippen LogP contribution in [0.2, 0.25) is 0 Å². The van der Waals surface area contributed by atoms with Crippen molar-refractivity contribution in [1.29, 1.82) is 0 Å². The Kier molecular flexibility index (Phi) is 5.92. The van der Waals surface area contributed by atoms with Crippen LogP contribution in [0.1, 0.15) is 30.9 Å². The summed E-state index contributed by atoms with van der Waals surface area (Å²) in [6.07, 6.45) is 0. The molecule has 10 heteroatoms. The number of anilines is 1. The SMILES string of the molecule is CCOC(=O)C1=C(COC(C)=O)Nc2c(c(=O)on2C)C1c1ccc(F)c(Br)c1. The van der Waals surface area contributed by atoms with Gasteiger partial charge in [-0.25, -0.2) is 14.0 Å². The largest absolute Gasteiger partial charge is 0.463 e. The molecule has 2 heterocycles. The first-order chi connectivity index (χ1) is 13.7. The van der Waals surface area contributed by atoms with Crippen LogP contribution in [0.5, 0.6) is 0 Å². The van der Waals surface area contributed by atoms with Crippen LogP contribution < -0.4 is 10.9 Å². The molecule has 0 saturated heterocycles. The lowest BCUT2D eigenvalue weighted by Crippen LogP contribution is -2.30. The van der Waals surface area contributed by atoms with Gasteiger partial charge in [-0.15, -0.1) is 0 Å². The van der Waals surface area contributed by atoms with Gasteiger partial charge in [0.25, 0.3) is 0 Å². The summed E-state index contributed by atoms with van der Waals surface area (Å²) in [6.45, 7) is 2.73. The average Bonchev–Trinajstić information content (AvgIpc) is 2.95. The minimum Gasteiger partial charge on any atom is -0.463 e. The Morgan fingerprint density at radius 1 is 1.34 bits per heavy atom. The Labute approximate surface area is 173 Å². The number of carbonyl (C=O) groups is 2. The maximum atomic E-state index is 13.8. The highest BCUT2D eigenvalue weighted by atomic mass is 79.9. The Hall–Kier alpha value is -2.88. The molecule has 0 saturated carbocycles. The number of nitrogens with one attached hydrogen (secondary N) is 1. The van der Waals surface area contributed by atoms with Gasteiger partial charge in [0.2, 0.25) is 0 Å². The van der Waals surface area contributed by atoms with Gasteiger partial charge in [-0.05, 0) is 40.5 Å². The second kappa shape index (κ2) is 8.24. The van der Waals surface area contributed by atoms with Gasteiger partial charge < -0.3 is 19.3 Å². The van der Waals surface area contributed by atoms with Crippen molar-refractivity contribution >= 4 is 33.7 Å². The molecular weight excluding hydrogens is 451 g/mol. The fourth-order valence-electron chi connectivity index (χ4n) is 3.18. The predicted octanol–water partition coefficient (Wildman–Crippen LogP) is 2.82. The molecule has 1 aliphatic rings. The van der Waals surface area contributed by atoms with Crippen molar-refractivity contribution in [2.45, 2.75) is 19.8 Å². The molecule has 1 atom stereocenters. The Bertz CT molecular complexity index is 1070. The first-order valence-electron chi connectivity index (χ1n) is 8.70. The minimum absolute atomic E-state index is 0.0811. The van der Waals surface area contributed by atoms with Crippen molar-refractivity contribution in [3.05, 3.63) is 61.3 Å². The monoisotopic (exact) mass is 468 g/mol. The highest BCUT2D eigenvalue weighted by Gasteiger charge is 2.39. The highest BCUT2D eigenvalue weighted by molar-refractivity contribution is 9.10. The number of halogens is 2. The van der Waals surface area contributed by atoms with Gasteiger partial charge in [-0.1, -0.05) is 6.07 Å². The van der Waals surface area contributed by atoms with E-state index in [1.165, 1.54) is 36.9 Å². The van der Waals surface area contributed by atoms with Crippen LogP contribution >= 0.6 is 15.9 Å². The van der Waals surface area contributed by atoms with E-state index >= 15 is 0 Å². The number of esters is 2. The van der Waals surface area contributed by atoms with Gasteiger partial charge in [0.05, 0.1) is 33.8 Å². The number of rotatable bonds is 5. The first kappa shape index (κ1) is 20.8. The van der Waals surface area contributed by atoms with Crippen molar-refractivity contribution in [1.82, 2.24) is 4.74 Å². The van der Waals surface area contributed by atoms with Crippen molar-refractivity contribution in [3.63, 3.8) is 0 Å². The zero-order valence-corrected chi connectivity index (χ0v) is 17.5. The molecule has 0 bridgehead atoms. The lowest BCUT2D eigenvalue weighted by Gasteiger charge is -2.28. The summed E-state index contributed by atoms with van der Waals surface area (Å²) >= 11 is 3.13. The molecule has 154 valence electrons. The third-order valence-electron chi connectivity index (χ3n) is 4.37. The molecule has 1 aromatic heterocycles. The Morgan fingerprint density at radius 3 is 2.69 bits per heavy atom. The number of benzene rings is 1. The van der Waals surface area contributed by atoms with Gasteiger partial charge in [-0.3, -0.25) is 4.79 Å². The van der Waals surface area contributed by atoms with Gasteiger partial charge in [-0.2, -0.15) is 4.74 Å².